The largest absolute Gasteiger partial charge is 0.490 e. The van der Waals surface area contributed by atoms with Crippen molar-refractivity contribution in [1.29, 1.82) is 0 Å². The Labute approximate surface area is 164 Å². The van der Waals surface area contributed by atoms with Crippen LogP contribution in [0.2, 0.25) is 0 Å². The molecule has 1 saturated carbocycles. The van der Waals surface area contributed by atoms with Gasteiger partial charge in [-0.25, -0.2) is 0 Å². The highest BCUT2D eigenvalue weighted by Crippen LogP contribution is 2.48. The number of H-pyrrole nitrogens is 1. The molecule has 0 bridgehead atoms. The summed E-state index contributed by atoms with van der Waals surface area (Å²) < 4.78 is 8.18. The van der Waals surface area contributed by atoms with E-state index < -0.39 is 0 Å². The van der Waals surface area contributed by atoms with Crippen molar-refractivity contribution in [3.05, 3.63) is 45.0 Å². The van der Waals surface area contributed by atoms with E-state index in [-0.39, 0.29) is 18.8 Å². The molecule has 2 atom stereocenters. The van der Waals surface area contributed by atoms with Crippen LogP contribution in [-0.2, 0) is 6.54 Å². The van der Waals surface area contributed by atoms with Gasteiger partial charge in [-0.05, 0) is 68.2 Å². The Balaban J connectivity index is 2.05. The average Bonchev–Trinajstić information content (AvgIpc) is 3.38. The van der Waals surface area contributed by atoms with Gasteiger partial charge < -0.3 is 19.7 Å². The lowest BCUT2D eigenvalue weighted by molar-refractivity contribution is 0.201. The molecule has 0 saturated heterocycles. The second-order valence-corrected chi connectivity index (χ2v) is 7.47. The van der Waals surface area contributed by atoms with Gasteiger partial charge in [-0.1, -0.05) is 13.0 Å². The second-order valence-electron chi connectivity index (χ2n) is 7.08. The molecule has 1 heterocycles. The van der Waals surface area contributed by atoms with Crippen LogP contribution < -0.4 is 15.6 Å². The van der Waals surface area contributed by atoms with Crippen molar-refractivity contribution < 1.29 is 9.84 Å². The van der Waals surface area contributed by atoms with Crippen molar-refractivity contribution in [2.24, 2.45) is 5.92 Å². The monoisotopic (exact) mass is 389 g/mol. The van der Waals surface area contributed by atoms with E-state index in [0.29, 0.717) is 28.9 Å². The normalized spacial score (nSPS) is 18.5. The van der Waals surface area contributed by atoms with Crippen molar-refractivity contribution in [2.45, 2.75) is 32.2 Å². The maximum atomic E-state index is 12.1. The SMILES string of the molecule is CNCCCn1c(-c2ccc(C3CC3C)cc2OCCO)cc(=O)[nH]c1=S. The van der Waals surface area contributed by atoms with Crippen molar-refractivity contribution >= 4 is 12.2 Å². The summed E-state index contributed by atoms with van der Waals surface area (Å²) in [5.41, 5.74) is 2.57. The number of aromatic nitrogens is 2. The molecule has 3 N–H and O–H groups in total. The number of hydrogen-bond donors (Lipinski definition) is 3. The quantitative estimate of drug-likeness (QED) is 0.454. The minimum Gasteiger partial charge on any atom is -0.490 e. The number of ether oxygens (including phenoxy) is 1. The van der Waals surface area contributed by atoms with E-state index >= 15 is 0 Å². The van der Waals surface area contributed by atoms with Crippen LogP contribution in [0.3, 0.4) is 0 Å². The molecule has 1 aliphatic rings. The number of rotatable bonds is 9. The van der Waals surface area contributed by atoms with Crippen LogP contribution in [0.15, 0.2) is 29.1 Å². The zero-order valence-electron chi connectivity index (χ0n) is 15.8. The molecule has 1 aliphatic carbocycles. The van der Waals surface area contributed by atoms with Crippen LogP contribution in [0.4, 0.5) is 0 Å². The lowest BCUT2D eigenvalue weighted by atomic mass is 10.0. The topological polar surface area (TPSA) is 79.3 Å². The molecule has 27 heavy (non-hydrogen) atoms. The number of nitrogens with one attached hydrogen (secondary N) is 2. The van der Waals surface area contributed by atoms with Gasteiger partial charge >= 0.3 is 0 Å². The van der Waals surface area contributed by atoms with E-state index in [1.165, 1.54) is 12.0 Å². The first-order valence-corrected chi connectivity index (χ1v) is 9.82. The predicted molar refractivity (Wildman–Crippen MR) is 109 cm³/mol. The number of nitrogens with zero attached hydrogens (tertiary/aromatic N) is 1. The van der Waals surface area contributed by atoms with Crippen LogP contribution in [0, 0.1) is 10.7 Å². The summed E-state index contributed by atoms with van der Waals surface area (Å²) in [6, 6.07) is 7.72. The summed E-state index contributed by atoms with van der Waals surface area (Å²) in [4.78, 5) is 14.8. The third-order valence-corrected chi connectivity index (χ3v) is 5.33. The number of aliphatic hydroxyl groups excluding tert-OH is 1. The summed E-state index contributed by atoms with van der Waals surface area (Å²) >= 11 is 5.41. The third kappa shape index (κ3) is 4.66. The first kappa shape index (κ1) is 19.8. The summed E-state index contributed by atoms with van der Waals surface area (Å²) in [6.45, 7) is 3.93. The van der Waals surface area contributed by atoms with Gasteiger partial charge in [-0.3, -0.25) is 9.78 Å². The Hall–Kier alpha value is -1.96. The molecule has 0 spiro atoms. The van der Waals surface area contributed by atoms with E-state index in [4.69, 9.17) is 17.0 Å². The Morgan fingerprint density at radius 3 is 2.85 bits per heavy atom. The van der Waals surface area contributed by atoms with Gasteiger partial charge in [0.2, 0.25) is 0 Å². The van der Waals surface area contributed by atoms with Crippen LogP contribution >= 0.6 is 12.2 Å². The molecule has 2 unspecified atom stereocenters. The third-order valence-electron chi connectivity index (χ3n) is 5.01. The van der Waals surface area contributed by atoms with E-state index in [0.717, 1.165) is 24.2 Å². The minimum atomic E-state index is -0.229. The van der Waals surface area contributed by atoms with Crippen molar-refractivity contribution in [2.75, 3.05) is 26.8 Å². The molecule has 6 nitrogen and oxygen atoms in total. The lowest BCUT2D eigenvalue weighted by Crippen LogP contribution is -2.18. The molecule has 0 aliphatic heterocycles. The fourth-order valence-electron chi connectivity index (χ4n) is 3.42. The standard InChI is InChI=1S/C20H27N3O3S/c1-13-10-16(13)14-4-5-15(18(11-14)26-9-8-24)17-12-19(25)22-20(27)23(17)7-3-6-21-2/h4-5,11-13,16,21,24H,3,6-10H2,1-2H3,(H,22,25,27). The second kappa shape index (κ2) is 8.82. The summed E-state index contributed by atoms with van der Waals surface area (Å²) in [5.74, 6) is 1.93. The van der Waals surface area contributed by atoms with Gasteiger partial charge in [-0.2, -0.15) is 0 Å². The molecular weight excluding hydrogens is 362 g/mol. The predicted octanol–water partition coefficient (Wildman–Crippen LogP) is 2.68. The molecule has 1 fully saturated rings. The highest BCUT2D eigenvalue weighted by atomic mass is 32.1. The van der Waals surface area contributed by atoms with Gasteiger partial charge in [0.1, 0.15) is 12.4 Å². The smallest absolute Gasteiger partial charge is 0.252 e. The van der Waals surface area contributed by atoms with E-state index in [1.807, 2.05) is 23.7 Å². The average molecular weight is 390 g/mol. The first-order valence-electron chi connectivity index (χ1n) is 9.42. The van der Waals surface area contributed by atoms with Crippen molar-refractivity contribution in [3.8, 4) is 17.0 Å². The van der Waals surface area contributed by atoms with Crippen molar-refractivity contribution in [1.82, 2.24) is 14.9 Å². The number of benzene rings is 1. The van der Waals surface area contributed by atoms with Gasteiger partial charge in [0.25, 0.3) is 5.56 Å². The maximum Gasteiger partial charge on any atom is 0.252 e. The van der Waals surface area contributed by atoms with Gasteiger partial charge in [0, 0.05) is 18.2 Å². The van der Waals surface area contributed by atoms with Crippen LogP contribution in [0.5, 0.6) is 5.75 Å². The molecule has 7 heteroatoms. The summed E-state index contributed by atoms with van der Waals surface area (Å²) in [6.07, 6.45) is 2.07. The van der Waals surface area contributed by atoms with Crippen molar-refractivity contribution in [3.63, 3.8) is 0 Å². The molecule has 3 rings (SSSR count). The van der Waals surface area contributed by atoms with Gasteiger partial charge in [0.05, 0.1) is 12.3 Å². The Kier molecular flexibility index (Phi) is 6.46. The molecular formula is C20H27N3O3S. The molecule has 2 aromatic rings. The Bertz CT molecular complexity index is 906. The zero-order chi connectivity index (χ0) is 19.4. The van der Waals surface area contributed by atoms with Gasteiger partial charge in [0.15, 0.2) is 4.77 Å². The highest BCUT2D eigenvalue weighted by molar-refractivity contribution is 7.71. The minimum absolute atomic E-state index is 0.0622. The molecule has 146 valence electrons. The summed E-state index contributed by atoms with van der Waals surface area (Å²) in [5, 5.41) is 12.3. The van der Waals surface area contributed by atoms with Crippen LogP contribution in [0.25, 0.3) is 11.3 Å². The molecule has 0 amide bonds. The lowest BCUT2D eigenvalue weighted by Gasteiger charge is -2.18. The maximum absolute atomic E-state index is 12.1. The zero-order valence-corrected chi connectivity index (χ0v) is 16.6. The summed E-state index contributed by atoms with van der Waals surface area (Å²) in [7, 11) is 1.91. The van der Waals surface area contributed by atoms with E-state index in [2.05, 4.69) is 23.3 Å². The van der Waals surface area contributed by atoms with Crippen LogP contribution in [-0.4, -0.2) is 41.5 Å². The highest BCUT2D eigenvalue weighted by Gasteiger charge is 2.34. The van der Waals surface area contributed by atoms with E-state index in [1.54, 1.807) is 6.07 Å². The molecule has 0 radical (unpaired) electrons. The molecule has 1 aromatic carbocycles. The Morgan fingerprint density at radius 2 is 2.19 bits per heavy atom. The Morgan fingerprint density at radius 1 is 1.41 bits per heavy atom. The van der Waals surface area contributed by atoms with Gasteiger partial charge in [-0.15, -0.1) is 0 Å². The fourth-order valence-corrected chi connectivity index (χ4v) is 3.71. The van der Waals surface area contributed by atoms with E-state index in [9.17, 15) is 9.90 Å². The number of aromatic amines is 1. The first-order chi connectivity index (χ1) is 13.0. The van der Waals surface area contributed by atoms with Crippen LogP contribution in [0.1, 0.15) is 31.2 Å². The number of hydrogen-bond acceptors (Lipinski definition) is 5. The fraction of sp³-hybridized carbons (Fsp3) is 0.500. The number of aliphatic hydroxyl groups is 1. The molecule has 1 aromatic heterocycles.